The Balaban J connectivity index is 1.47. The lowest BCUT2D eigenvalue weighted by molar-refractivity contribution is -0.128. The van der Waals surface area contributed by atoms with Crippen LogP contribution in [0.3, 0.4) is 0 Å². The monoisotopic (exact) mass is 376 g/mol. The van der Waals surface area contributed by atoms with Gasteiger partial charge in [-0.05, 0) is 62.2 Å². The van der Waals surface area contributed by atoms with Gasteiger partial charge in [0.25, 0.3) is 5.91 Å². The highest BCUT2D eigenvalue weighted by Crippen LogP contribution is 2.21. The minimum absolute atomic E-state index is 0.101. The van der Waals surface area contributed by atoms with Crippen LogP contribution >= 0.6 is 11.6 Å². The summed E-state index contributed by atoms with van der Waals surface area (Å²) in [6, 6.07) is 13.6. The van der Waals surface area contributed by atoms with Crippen LogP contribution in [0, 0.1) is 5.82 Å². The second kappa shape index (κ2) is 8.41. The number of halogens is 2. The summed E-state index contributed by atoms with van der Waals surface area (Å²) in [6.45, 7) is 3.29. The van der Waals surface area contributed by atoms with Crippen molar-refractivity contribution in [3.05, 3.63) is 59.4 Å². The molecule has 1 amide bonds. The van der Waals surface area contributed by atoms with E-state index in [-0.39, 0.29) is 17.8 Å². The van der Waals surface area contributed by atoms with E-state index in [4.69, 9.17) is 16.3 Å². The quantitative estimate of drug-likeness (QED) is 0.856. The summed E-state index contributed by atoms with van der Waals surface area (Å²) < 4.78 is 19.0. The molecule has 0 aliphatic carbocycles. The average molecular weight is 377 g/mol. The molecule has 0 aromatic heterocycles. The third kappa shape index (κ3) is 4.88. The number of hydrogen-bond donors (Lipinski definition) is 1. The molecule has 0 saturated carbocycles. The molecule has 0 radical (unpaired) electrons. The lowest BCUT2D eigenvalue weighted by Gasteiger charge is -2.34. The summed E-state index contributed by atoms with van der Waals surface area (Å²) in [4.78, 5) is 14.5. The predicted octanol–water partition coefficient (Wildman–Crippen LogP) is 4.03. The molecule has 2 aromatic rings. The molecule has 1 aliphatic heterocycles. The molecule has 1 aliphatic rings. The van der Waals surface area contributed by atoms with Crippen molar-refractivity contribution in [2.75, 3.05) is 18.0 Å². The van der Waals surface area contributed by atoms with E-state index in [2.05, 4.69) is 10.2 Å². The van der Waals surface area contributed by atoms with Crippen LogP contribution in [0.5, 0.6) is 5.75 Å². The SMILES string of the molecule is C[C@@H](Oc1ccc(Cl)cc1)C(=O)NC1CCN(c2cccc(F)c2)CC1. The molecule has 1 N–H and O–H groups in total. The largest absolute Gasteiger partial charge is 0.481 e. The molecule has 138 valence electrons. The zero-order valence-electron chi connectivity index (χ0n) is 14.6. The van der Waals surface area contributed by atoms with E-state index in [1.54, 1.807) is 43.3 Å². The number of anilines is 1. The Morgan fingerprint density at radius 1 is 1.23 bits per heavy atom. The molecule has 1 saturated heterocycles. The van der Waals surface area contributed by atoms with Crippen molar-refractivity contribution in [3.63, 3.8) is 0 Å². The van der Waals surface area contributed by atoms with E-state index in [0.717, 1.165) is 31.6 Å². The number of amides is 1. The van der Waals surface area contributed by atoms with Crippen LogP contribution in [0.1, 0.15) is 19.8 Å². The fourth-order valence-corrected chi connectivity index (χ4v) is 3.17. The second-order valence-corrected chi connectivity index (χ2v) is 6.90. The minimum atomic E-state index is -0.586. The molecule has 26 heavy (non-hydrogen) atoms. The van der Waals surface area contributed by atoms with Gasteiger partial charge in [0.15, 0.2) is 6.10 Å². The maximum atomic E-state index is 13.4. The predicted molar refractivity (Wildman–Crippen MR) is 101 cm³/mol. The van der Waals surface area contributed by atoms with Gasteiger partial charge < -0.3 is 15.0 Å². The molecular weight excluding hydrogens is 355 g/mol. The fourth-order valence-electron chi connectivity index (χ4n) is 3.04. The highest BCUT2D eigenvalue weighted by atomic mass is 35.5. The molecule has 3 rings (SSSR count). The van der Waals surface area contributed by atoms with E-state index < -0.39 is 6.10 Å². The molecule has 6 heteroatoms. The number of carbonyl (C=O) groups is 1. The Kier molecular flexibility index (Phi) is 5.99. The Labute approximate surface area is 157 Å². The normalized spacial score (nSPS) is 16.2. The van der Waals surface area contributed by atoms with Gasteiger partial charge in [0.1, 0.15) is 11.6 Å². The first-order chi connectivity index (χ1) is 12.5. The van der Waals surface area contributed by atoms with Gasteiger partial charge in [0.2, 0.25) is 0 Å². The topological polar surface area (TPSA) is 41.6 Å². The molecule has 0 bridgehead atoms. The Morgan fingerprint density at radius 2 is 1.92 bits per heavy atom. The molecule has 4 nitrogen and oxygen atoms in total. The molecule has 1 heterocycles. The Bertz CT molecular complexity index is 746. The van der Waals surface area contributed by atoms with Gasteiger partial charge in [-0.2, -0.15) is 0 Å². The van der Waals surface area contributed by atoms with Crippen LogP contribution < -0.4 is 15.0 Å². The van der Waals surface area contributed by atoms with Crippen molar-refractivity contribution in [1.29, 1.82) is 0 Å². The van der Waals surface area contributed by atoms with Crippen molar-refractivity contribution in [2.24, 2.45) is 0 Å². The van der Waals surface area contributed by atoms with E-state index in [1.165, 1.54) is 6.07 Å². The first kappa shape index (κ1) is 18.5. The number of benzene rings is 2. The van der Waals surface area contributed by atoms with Gasteiger partial charge in [-0.15, -0.1) is 0 Å². The summed E-state index contributed by atoms with van der Waals surface area (Å²) in [6.07, 6.45) is 1.05. The van der Waals surface area contributed by atoms with Gasteiger partial charge in [-0.1, -0.05) is 17.7 Å². The summed E-state index contributed by atoms with van der Waals surface area (Å²) in [5, 5.41) is 3.67. The highest BCUT2D eigenvalue weighted by molar-refractivity contribution is 6.30. The lowest BCUT2D eigenvalue weighted by Crippen LogP contribution is -2.48. The molecule has 2 aromatic carbocycles. The van der Waals surface area contributed by atoms with E-state index >= 15 is 0 Å². The fraction of sp³-hybridized carbons (Fsp3) is 0.350. The number of rotatable bonds is 5. The number of hydrogen-bond acceptors (Lipinski definition) is 3. The van der Waals surface area contributed by atoms with E-state index in [0.29, 0.717) is 10.8 Å². The van der Waals surface area contributed by atoms with Gasteiger partial charge in [-0.3, -0.25) is 4.79 Å². The number of ether oxygens (including phenoxy) is 1. The van der Waals surface area contributed by atoms with Crippen molar-refractivity contribution >= 4 is 23.2 Å². The Morgan fingerprint density at radius 3 is 2.58 bits per heavy atom. The number of nitrogens with zero attached hydrogens (tertiary/aromatic N) is 1. The second-order valence-electron chi connectivity index (χ2n) is 6.46. The highest BCUT2D eigenvalue weighted by Gasteiger charge is 2.23. The van der Waals surface area contributed by atoms with Gasteiger partial charge in [0.05, 0.1) is 0 Å². The van der Waals surface area contributed by atoms with Crippen molar-refractivity contribution in [3.8, 4) is 5.75 Å². The van der Waals surface area contributed by atoms with E-state index in [9.17, 15) is 9.18 Å². The van der Waals surface area contributed by atoms with E-state index in [1.807, 2.05) is 6.07 Å². The first-order valence-electron chi connectivity index (χ1n) is 8.74. The molecule has 1 atom stereocenters. The molecule has 0 unspecified atom stereocenters. The van der Waals surface area contributed by atoms with Crippen molar-refractivity contribution < 1.29 is 13.9 Å². The maximum absolute atomic E-state index is 13.4. The zero-order chi connectivity index (χ0) is 18.5. The van der Waals surface area contributed by atoms with Crippen molar-refractivity contribution in [1.82, 2.24) is 5.32 Å². The van der Waals surface area contributed by atoms with Crippen LogP contribution in [0.15, 0.2) is 48.5 Å². The lowest BCUT2D eigenvalue weighted by atomic mass is 10.0. The number of piperidine rings is 1. The average Bonchev–Trinajstić information content (AvgIpc) is 2.64. The molecule has 1 fully saturated rings. The van der Waals surface area contributed by atoms with Crippen LogP contribution in [0.2, 0.25) is 5.02 Å². The van der Waals surface area contributed by atoms with Crippen LogP contribution in [0.25, 0.3) is 0 Å². The smallest absolute Gasteiger partial charge is 0.260 e. The summed E-state index contributed by atoms with van der Waals surface area (Å²) in [5.41, 5.74) is 0.884. The van der Waals surface area contributed by atoms with Crippen LogP contribution in [-0.4, -0.2) is 31.1 Å². The van der Waals surface area contributed by atoms with Gasteiger partial charge in [0, 0.05) is 29.8 Å². The first-order valence-corrected chi connectivity index (χ1v) is 9.12. The zero-order valence-corrected chi connectivity index (χ0v) is 15.4. The maximum Gasteiger partial charge on any atom is 0.260 e. The third-order valence-corrected chi connectivity index (χ3v) is 4.76. The standard InChI is InChI=1S/C20H22ClFN2O2/c1-14(26-19-7-5-15(21)6-8-19)20(25)23-17-9-11-24(12-10-17)18-4-2-3-16(22)13-18/h2-8,13-14,17H,9-12H2,1H3,(H,23,25)/t14-/m1/s1. The third-order valence-electron chi connectivity index (χ3n) is 4.51. The summed E-state index contributed by atoms with van der Waals surface area (Å²) >= 11 is 5.84. The number of nitrogens with one attached hydrogen (secondary N) is 1. The molecule has 0 spiro atoms. The Hall–Kier alpha value is -2.27. The van der Waals surface area contributed by atoms with Crippen molar-refractivity contribution in [2.45, 2.75) is 31.9 Å². The summed E-state index contributed by atoms with van der Waals surface area (Å²) in [7, 11) is 0. The molecular formula is C20H22ClFN2O2. The van der Waals surface area contributed by atoms with Gasteiger partial charge in [-0.25, -0.2) is 4.39 Å². The van der Waals surface area contributed by atoms with Gasteiger partial charge >= 0.3 is 0 Å². The summed E-state index contributed by atoms with van der Waals surface area (Å²) in [5.74, 6) is 0.244. The minimum Gasteiger partial charge on any atom is -0.481 e. The van der Waals surface area contributed by atoms with Crippen LogP contribution in [-0.2, 0) is 4.79 Å². The van der Waals surface area contributed by atoms with Crippen LogP contribution in [0.4, 0.5) is 10.1 Å². The number of carbonyl (C=O) groups excluding carboxylic acids is 1.